The Balaban J connectivity index is 1.91. The van der Waals surface area contributed by atoms with E-state index in [2.05, 4.69) is 33.8 Å². The number of carbonyl (C=O) groups is 1. The molecule has 0 radical (unpaired) electrons. The van der Waals surface area contributed by atoms with Gasteiger partial charge in [-0.2, -0.15) is 5.10 Å². The van der Waals surface area contributed by atoms with Crippen LogP contribution >= 0.6 is 0 Å². The van der Waals surface area contributed by atoms with Crippen LogP contribution < -0.4 is 4.90 Å². The van der Waals surface area contributed by atoms with Crippen molar-refractivity contribution in [3.05, 3.63) is 12.5 Å². The van der Waals surface area contributed by atoms with Gasteiger partial charge >= 0.3 is 5.97 Å². The first kappa shape index (κ1) is 15.7. The van der Waals surface area contributed by atoms with Gasteiger partial charge in [0.1, 0.15) is 18.7 Å². The minimum absolute atomic E-state index is 0.0590. The Morgan fingerprint density at radius 1 is 1.30 bits per heavy atom. The van der Waals surface area contributed by atoms with Gasteiger partial charge in [0.15, 0.2) is 5.65 Å². The topological polar surface area (TPSA) is 73.1 Å². The zero-order chi connectivity index (χ0) is 16.4. The zero-order valence-corrected chi connectivity index (χ0v) is 13.9. The fourth-order valence-electron chi connectivity index (χ4n) is 3.07. The molecule has 3 heterocycles. The molecular formula is C16H23N5O2. The standard InChI is InChI=1S/C16H23N5O2/c1-16(2)5-4-7-20(8-6-16)14-12-9-19-21(10-13(22)23-3)15(12)18-11-17-14/h9,11H,4-8,10H2,1-3H3. The Morgan fingerprint density at radius 3 is 2.91 bits per heavy atom. The van der Waals surface area contributed by atoms with Gasteiger partial charge in [0.05, 0.1) is 18.7 Å². The third-order valence-corrected chi connectivity index (χ3v) is 4.56. The van der Waals surface area contributed by atoms with E-state index in [-0.39, 0.29) is 12.5 Å². The maximum Gasteiger partial charge on any atom is 0.327 e. The molecule has 0 aromatic carbocycles. The third kappa shape index (κ3) is 3.28. The van der Waals surface area contributed by atoms with Gasteiger partial charge in [0.25, 0.3) is 0 Å². The van der Waals surface area contributed by atoms with Crippen LogP contribution in [0.2, 0.25) is 0 Å². The van der Waals surface area contributed by atoms with Gasteiger partial charge in [-0.15, -0.1) is 0 Å². The van der Waals surface area contributed by atoms with E-state index in [9.17, 15) is 4.79 Å². The fraction of sp³-hybridized carbons (Fsp3) is 0.625. The lowest BCUT2D eigenvalue weighted by molar-refractivity contribution is -0.141. The maximum atomic E-state index is 11.5. The highest BCUT2D eigenvalue weighted by Gasteiger charge is 2.25. The average molecular weight is 317 g/mol. The molecule has 3 rings (SSSR count). The van der Waals surface area contributed by atoms with Crippen molar-refractivity contribution in [2.45, 2.75) is 39.7 Å². The molecule has 0 spiro atoms. The van der Waals surface area contributed by atoms with E-state index >= 15 is 0 Å². The van der Waals surface area contributed by atoms with Crippen LogP contribution in [0.5, 0.6) is 0 Å². The molecule has 124 valence electrons. The second-order valence-corrected chi connectivity index (χ2v) is 6.82. The van der Waals surface area contributed by atoms with Gasteiger partial charge in [0, 0.05) is 13.1 Å². The summed E-state index contributed by atoms with van der Waals surface area (Å²) in [4.78, 5) is 22.6. The van der Waals surface area contributed by atoms with E-state index in [1.165, 1.54) is 13.5 Å². The second-order valence-electron chi connectivity index (χ2n) is 6.82. The van der Waals surface area contributed by atoms with Crippen molar-refractivity contribution in [3.8, 4) is 0 Å². The van der Waals surface area contributed by atoms with Gasteiger partial charge in [0.2, 0.25) is 0 Å². The molecule has 7 heteroatoms. The molecule has 0 bridgehead atoms. The van der Waals surface area contributed by atoms with E-state index in [0.29, 0.717) is 11.1 Å². The number of aromatic nitrogens is 4. The maximum absolute atomic E-state index is 11.5. The first-order valence-electron chi connectivity index (χ1n) is 7.98. The highest BCUT2D eigenvalue weighted by molar-refractivity contribution is 5.87. The summed E-state index contributed by atoms with van der Waals surface area (Å²) < 4.78 is 6.27. The van der Waals surface area contributed by atoms with Gasteiger partial charge in [-0.1, -0.05) is 13.8 Å². The number of methoxy groups -OCH3 is 1. The van der Waals surface area contributed by atoms with Crippen LogP contribution in [0.4, 0.5) is 5.82 Å². The van der Waals surface area contributed by atoms with Crippen LogP contribution in [-0.2, 0) is 16.1 Å². The first-order valence-corrected chi connectivity index (χ1v) is 7.98. The number of rotatable bonds is 3. The molecule has 0 aliphatic carbocycles. The lowest BCUT2D eigenvalue weighted by atomic mass is 9.85. The number of nitrogens with zero attached hydrogens (tertiary/aromatic N) is 5. The van der Waals surface area contributed by atoms with Crippen molar-refractivity contribution >= 4 is 22.8 Å². The second kappa shape index (κ2) is 6.14. The molecule has 0 saturated carbocycles. The summed E-state index contributed by atoms with van der Waals surface area (Å²) in [5, 5.41) is 5.16. The van der Waals surface area contributed by atoms with Crippen molar-refractivity contribution in [3.63, 3.8) is 0 Å². The zero-order valence-electron chi connectivity index (χ0n) is 13.9. The SMILES string of the molecule is COC(=O)Cn1ncc2c(N3CCCC(C)(C)CC3)ncnc21. The van der Waals surface area contributed by atoms with Crippen molar-refractivity contribution in [2.75, 3.05) is 25.1 Å². The van der Waals surface area contributed by atoms with Crippen LogP contribution in [0.1, 0.15) is 33.1 Å². The van der Waals surface area contributed by atoms with Gasteiger partial charge < -0.3 is 9.64 Å². The number of ether oxygens (including phenoxy) is 1. The Bertz CT molecular complexity index is 710. The van der Waals surface area contributed by atoms with Crippen molar-refractivity contribution in [1.82, 2.24) is 19.7 Å². The largest absolute Gasteiger partial charge is 0.468 e. The minimum Gasteiger partial charge on any atom is -0.468 e. The Morgan fingerprint density at radius 2 is 2.13 bits per heavy atom. The monoisotopic (exact) mass is 317 g/mol. The van der Waals surface area contributed by atoms with Crippen LogP contribution in [-0.4, -0.2) is 45.9 Å². The number of hydrogen-bond donors (Lipinski definition) is 0. The molecule has 0 amide bonds. The van der Waals surface area contributed by atoms with Crippen LogP contribution in [0, 0.1) is 5.41 Å². The summed E-state index contributed by atoms with van der Waals surface area (Å²) in [6.07, 6.45) is 6.79. The van der Waals surface area contributed by atoms with Crippen LogP contribution in [0.3, 0.4) is 0 Å². The summed E-state index contributed by atoms with van der Waals surface area (Å²) in [5.74, 6) is 0.565. The highest BCUT2D eigenvalue weighted by atomic mass is 16.5. The molecule has 1 saturated heterocycles. The van der Waals surface area contributed by atoms with Gasteiger partial charge in [-0.05, 0) is 24.7 Å². The minimum atomic E-state index is -0.341. The molecule has 2 aromatic rings. The molecule has 1 aliphatic heterocycles. The van der Waals surface area contributed by atoms with Crippen molar-refractivity contribution < 1.29 is 9.53 Å². The first-order chi connectivity index (χ1) is 11.0. The van der Waals surface area contributed by atoms with Gasteiger partial charge in [-0.25, -0.2) is 14.6 Å². The Kier molecular flexibility index (Phi) is 4.19. The summed E-state index contributed by atoms with van der Waals surface area (Å²) in [5.41, 5.74) is 1.04. The molecule has 0 atom stereocenters. The predicted molar refractivity (Wildman–Crippen MR) is 87.2 cm³/mol. The Labute approximate surface area is 135 Å². The molecule has 23 heavy (non-hydrogen) atoms. The van der Waals surface area contributed by atoms with Crippen molar-refractivity contribution in [2.24, 2.45) is 5.41 Å². The molecule has 0 unspecified atom stereocenters. The van der Waals surface area contributed by atoms with Crippen LogP contribution in [0.15, 0.2) is 12.5 Å². The van der Waals surface area contributed by atoms with E-state index in [1.807, 2.05) is 0 Å². The third-order valence-electron chi connectivity index (χ3n) is 4.56. The van der Waals surface area contributed by atoms with Crippen molar-refractivity contribution in [1.29, 1.82) is 0 Å². The van der Waals surface area contributed by atoms with Crippen LogP contribution in [0.25, 0.3) is 11.0 Å². The summed E-state index contributed by atoms with van der Waals surface area (Å²) in [7, 11) is 1.37. The van der Waals surface area contributed by atoms with E-state index in [0.717, 1.165) is 37.1 Å². The molecule has 7 nitrogen and oxygen atoms in total. The number of anilines is 1. The molecule has 0 N–H and O–H groups in total. The van der Waals surface area contributed by atoms with E-state index in [4.69, 9.17) is 4.74 Å². The number of fused-ring (bicyclic) bond motifs is 1. The normalized spacial score (nSPS) is 18.0. The lowest BCUT2D eigenvalue weighted by Gasteiger charge is -2.24. The van der Waals surface area contributed by atoms with E-state index < -0.39 is 0 Å². The lowest BCUT2D eigenvalue weighted by Crippen LogP contribution is -2.26. The summed E-state index contributed by atoms with van der Waals surface area (Å²) >= 11 is 0. The molecule has 1 fully saturated rings. The number of carbonyl (C=O) groups excluding carboxylic acids is 1. The van der Waals surface area contributed by atoms with E-state index in [1.54, 1.807) is 17.2 Å². The smallest absolute Gasteiger partial charge is 0.327 e. The fourth-order valence-corrected chi connectivity index (χ4v) is 3.07. The quantitative estimate of drug-likeness (QED) is 0.806. The molecule has 2 aromatic heterocycles. The number of esters is 1. The highest BCUT2D eigenvalue weighted by Crippen LogP contribution is 2.32. The molecule has 1 aliphatic rings. The Hall–Kier alpha value is -2.18. The number of hydrogen-bond acceptors (Lipinski definition) is 6. The summed E-state index contributed by atoms with van der Waals surface area (Å²) in [6, 6.07) is 0. The van der Waals surface area contributed by atoms with Gasteiger partial charge in [-0.3, -0.25) is 4.79 Å². The summed E-state index contributed by atoms with van der Waals surface area (Å²) in [6.45, 7) is 6.66. The molecular weight excluding hydrogens is 294 g/mol. The predicted octanol–water partition coefficient (Wildman–Crippen LogP) is 2.02. The average Bonchev–Trinajstić information content (AvgIpc) is 2.84.